The van der Waals surface area contributed by atoms with Gasteiger partial charge in [0.2, 0.25) is 5.56 Å². The van der Waals surface area contributed by atoms with Crippen molar-refractivity contribution in [2.45, 2.75) is 20.0 Å². The van der Waals surface area contributed by atoms with Crippen molar-refractivity contribution in [2.24, 2.45) is 0 Å². The number of alkyl halides is 3. The summed E-state index contributed by atoms with van der Waals surface area (Å²) in [5, 5.41) is 0. The van der Waals surface area contributed by atoms with Gasteiger partial charge in [-0.15, -0.1) is 0 Å². The Balaban J connectivity index is 1.95. The molecule has 1 N–H and O–H groups in total. The van der Waals surface area contributed by atoms with E-state index in [9.17, 15) is 31.5 Å². The van der Waals surface area contributed by atoms with E-state index in [0.717, 1.165) is 11.0 Å². The first-order chi connectivity index (χ1) is 15.0. The number of pyridine rings is 2. The average Bonchev–Trinajstić information content (AvgIpc) is 2.73. The van der Waals surface area contributed by atoms with Crippen molar-refractivity contribution < 1.29 is 26.7 Å². The molecule has 0 bridgehead atoms. The highest BCUT2D eigenvalue weighted by molar-refractivity contribution is 6.12. The van der Waals surface area contributed by atoms with Crippen molar-refractivity contribution in [3.8, 4) is 0 Å². The summed E-state index contributed by atoms with van der Waals surface area (Å²) >= 11 is 0. The van der Waals surface area contributed by atoms with E-state index in [2.05, 4.69) is 9.97 Å². The zero-order valence-corrected chi connectivity index (χ0v) is 16.7. The molecule has 4 rings (SSSR count). The minimum absolute atomic E-state index is 0.106. The van der Waals surface area contributed by atoms with Gasteiger partial charge in [0.1, 0.15) is 12.5 Å². The molecular formula is C21H15F5N4O2. The zero-order valence-electron chi connectivity index (χ0n) is 16.7. The fraction of sp³-hybridized carbons (Fsp3) is 0.190. The molecule has 1 aromatic carbocycles. The van der Waals surface area contributed by atoms with Gasteiger partial charge in [0, 0.05) is 23.5 Å². The lowest BCUT2D eigenvalue weighted by Crippen LogP contribution is -2.46. The van der Waals surface area contributed by atoms with E-state index in [4.69, 9.17) is 0 Å². The van der Waals surface area contributed by atoms with Crippen molar-refractivity contribution in [1.82, 2.24) is 9.97 Å². The lowest BCUT2D eigenvalue weighted by molar-refractivity contribution is -0.137. The van der Waals surface area contributed by atoms with Gasteiger partial charge in [0.05, 0.1) is 22.5 Å². The van der Waals surface area contributed by atoms with Gasteiger partial charge in [0.25, 0.3) is 5.91 Å². The lowest BCUT2D eigenvalue weighted by atomic mass is 10.1. The summed E-state index contributed by atoms with van der Waals surface area (Å²) in [6.07, 6.45) is -4.17. The number of benzene rings is 1. The first-order valence-electron chi connectivity index (χ1n) is 9.30. The second-order valence-electron chi connectivity index (χ2n) is 7.23. The Morgan fingerprint density at radius 2 is 1.69 bits per heavy atom. The first kappa shape index (κ1) is 21.5. The third-order valence-corrected chi connectivity index (χ3v) is 5.19. The van der Waals surface area contributed by atoms with Gasteiger partial charge in [-0.1, -0.05) is 0 Å². The van der Waals surface area contributed by atoms with Crippen LogP contribution in [0.25, 0.3) is 0 Å². The van der Waals surface area contributed by atoms with Crippen LogP contribution in [0.4, 0.5) is 39.1 Å². The standard InChI is InChI=1S/C21H15F5N4O2/c1-10-15(4-3-14(22)18(10)23)29-9-30(16-5-6-17(31)28-11(16)2)20(32)13-7-12(21(24,25)26)8-27-19(13)29/h3-8H,9H2,1-2H3,(H,28,31). The number of H-pyrrole nitrogens is 1. The second-order valence-corrected chi connectivity index (χ2v) is 7.23. The van der Waals surface area contributed by atoms with Crippen molar-refractivity contribution >= 4 is 23.1 Å². The molecule has 0 saturated carbocycles. The van der Waals surface area contributed by atoms with Gasteiger partial charge in [-0.05, 0) is 38.1 Å². The molecule has 3 heterocycles. The number of nitrogens with one attached hydrogen (secondary N) is 1. The largest absolute Gasteiger partial charge is 0.417 e. The SMILES string of the molecule is Cc1[nH]c(=O)ccc1N1CN(c2ccc(F)c(F)c2C)c2ncc(C(F)(F)F)cc2C1=O. The third-order valence-electron chi connectivity index (χ3n) is 5.19. The monoisotopic (exact) mass is 450 g/mol. The van der Waals surface area contributed by atoms with E-state index in [1.165, 1.54) is 36.9 Å². The van der Waals surface area contributed by atoms with E-state index in [1.807, 2.05) is 0 Å². The molecule has 1 amide bonds. The van der Waals surface area contributed by atoms with E-state index < -0.39 is 34.8 Å². The molecule has 0 unspecified atom stereocenters. The maximum Gasteiger partial charge on any atom is 0.417 e. The summed E-state index contributed by atoms with van der Waals surface area (Å²) < 4.78 is 67.8. The quantitative estimate of drug-likeness (QED) is 0.587. The second kappa shape index (κ2) is 7.43. The van der Waals surface area contributed by atoms with E-state index in [0.29, 0.717) is 18.0 Å². The summed E-state index contributed by atoms with van der Waals surface area (Å²) in [5.74, 6) is -3.13. The first-order valence-corrected chi connectivity index (χ1v) is 9.30. The fourth-order valence-corrected chi connectivity index (χ4v) is 3.58. The topological polar surface area (TPSA) is 69.3 Å². The molecule has 1 aliphatic heterocycles. The predicted octanol–water partition coefficient (Wildman–Crippen LogP) is 4.44. The van der Waals surface area contributed by atoms with Crippen molar-refractivity contribution in [1.29, 1.82) is 0 Å². The molecule has 0 spiro atoms. The molecule has 0 atom stereocenters. The third kappa shape index (κ3) is 3.49. The molecule has 0 radical (unpaired) electrons. The van der Waals surface area contributed by atoms with Crippen LogP contribution in [0.15, 0.2) is 41.3 Å². The Kier molecular flexibility index (Phi) is 4.99. The normalized spacial score (nSPS) is 14.0. The maximum absolute atomic E-state index is 14.3. The zero-order chi connectivity index (χ0) is 23.4. The summed E-state index contributed by atoms with van der Waals surface area (Å²) in [4.78, 5) is 33.6. The van der Waals surface area contributed by atoms with Crippen LogP contribution in [0.2, 0.25) is 0 Å². The van der Waals surface area contributed by atoms with Crippen LogP contribution in [-0.4, -0.2) is 22.5 Å². The minimum Gasteiger partial charge on any atom is -0.324 e. The Morgan fingerprint density at radius 3 is 2.34 bits per heavy atom. The van der Waals surface area contributed by atoms with Crippen LogP contribution in [0.5, 0.6) is 0 Å². The molecule has 0 fully saturated rings. The van der Waals surface area contributed by atoms with Crippen LogP contribution < -0.4 is 15.4 Å². The summed E-state index contributed by atoms with van der Waals surface area (Å²) in [6, 6.07) is 5.33. The smallest absolute Gasteiger partial charge is 0.324 e. The number of rotatable bonds is 2. The number of halogens is 5. The molecule has 32 heavy (non-hydrogen) atoms. The molecule has 0 saturated heterocycles. The van der Waals surface area contributed by atoms with Gasteiger partial charge < -0.3 is 9.88 Å². The van der Waals surface area contributed by atoms with Gasteiger partial charge in [0.15, 0.2) is 11.6 Å². The number of carbonyl (C=O) groups is 1. The summed E-state index contributed by atoms with van der Waals surface area (Å²) in [6.45, 7) is 2.57. The number of hydrogen-bond acceptors (Lipinski definition) is 4. The van der Waals surface area contributed by atoms with Crippen LogP contribution >= 0.6 is 0 Å². The van der Waals surface area contributed by atoms with Gasteiger partial charge in [-0.25, -0.2) is 13.8 Å². The number of fused-ring (bicyclic) bond motifs is 1. The number of aromatic nitrogens is 2. The molecule has 11 heteroatoms. The number of carbonyl (C=O) groups excluding carboxylic acids is 1. The Morgan fingerprint density at radius 1 is 1.00 bits per heavy atom. The van der Waals surface area contributed by atoms with E-state index in [1.54, 1.807) is 0 Å². The van der Waals surface area contributed by atoms with Gasteiger partial charge >= 0.3 is 6.18 Å². The lowest BCUT2D eigenvalue weighted by Gasteiger charge is -2.38. The Hall–Kier alpha value is -3.76. The molecule has 2 aromatic heterocycles. The van der Waals surface area contributed by atoms with Crippen LogP contribution in [0.3, 0.4) is 0 Å². The number of aromatic amines is 1. The predicted molar refractivity (Wildman–Crippen MR) is 106 cm³/mol. The highest BCUT2D eigenvalue weighted by atomic mass is 19.4. The molecule has 6 nitrogen and oxygen atoms in total. The summed E-state index contributed by atoms with van der Waals surface area (Å²) in [5.41, 5.74) is -1.38. The van der Waals surface area contributed by atoms with Gasteiger partial charge in [-0.2, -0.15) is 13.2 Å². The van der Waals surface area contributed by atoms with E-state index >= 15 is 0 Å². The van der Waals surface area contributed by atoms with Crippen molar-refractivity contribution in [3.63, 3.8) is 0 Å². The maximum atomic E-state index is 14.3. The molecular weight excluding hydrogens is 435 g/mol. The minimum atomic E-state index is -4.75. The Bertz CT molecular complexity index is 1300. The van der Waals surface area contributed by atoms with Crippen molar-refractivity contribution in [3.05, 3.63) is 80.9 Å². The molecule has 3 aromatic rings. The van der Waals surface area contributed by atoms with Crippen LogP contribution in [-0.2, 0) is 6.18 Å². The highest BCUT2D eigenvalue weighted by Gasteiger charge is 2.38. The van der Waals surface area contributed by atoms with E-state index in [-0.39, 0.29) is 35.0 Å². The number of aryl methyl sites for hydroxylation is 1. The van der Waals surface area contributed by atoms with Gasteiger partial charge in [-0.3, -0.25) is 14.5 Å². The summed E-state index contributed by atoms with van der Waals surface area (Å²) in [7, 11) is 0. The molecule has 166 valence electrons. The average molecular weight is 450 g/mol. The molecule has 0 aliphatic carbocycles. The molecule has 1 aliphatic rings. The number of amides is 1. The van der Waals surface area contributed by atoms with Crippen LogP contribution in [0, 0.1) is 25.5 Å². The number of nitrogens with zero attached hydrogens (tertiary/aromatic N) is 3. The number of hydrogen-bond donors (Lipinski definition) is 1. The Labute approximate surface area is 177 Å². The van der Waals surface area contributed by atoms with Crippen LogP contribution in [0.1, 0.15) is 27.2 Å². The number of anilines is 3. The van der Waals surface area contributed by atoms with Crippen molar-refractivity contribution in [2.75, 3.05) is 16.5 Å². The highest BCUT2D eigenvalue weighted by Crippen LogP contribution is 2.39. The fourth-order valence-electron chi connectivity index (χ4n) is 3.58.